The molecule has 2 heterocycles. The average Bonchev–Trinajstić information content (AvgIpc) is 3.19. The van der Waals surface area contributed by atoms with Gasteiger partial charge in [0.25, 0.3) is 5.91 Å². The summed E-state index contributed by atoms with van der Waals surface area (Å²) in [6, 6.07) is 11.8. The molecule has 3 aromatic rings. The van der Waals surface area contributed by atoms with Crippen molar-refractivity contribution in [2.24, 2.45) is 5.92 Å². The standard InChI is InChI=1S/C24H25N3O5/c1-15(28)27-14-19(18-4-2-3-5-22(18)27)23(29)26-21-12-17(24(30)31)6-7-20(21)25-13-16-8-10-32-11-9-16/h2-7,12,14,16,25H,8-11,13H2,1H3,(H,26,29)(H,30,31). The van der Waals surface area contributed by atoms with Crippen molar-refractivity contribution in [1.29, 1.82) is 0 Å². The molecule has 1 fully saturated rings. The Morgan fingerprint density at radius 3 is 2.56 bits per heavy atom. The lowest BCUT2D eigenvalue weighted by atomic mass is 10.0. The van der Waals surface area contributed by atoms with Crippen LogP contribution in [-0.4, -0.2) is 47.2 Å². The molecule has 166 valence electrons. The molecule has 8 nitrogen and oxygen atoms in total. The Morgan fingerprint density at radius 2 is 1.84 bits per heavy atom. The number of carbonyl (C=O) groups is 3. The number of hydrogen-bond acceptors (Lipinski definition) is 5. The highest BCUT2D eigenvalue weighted by Crippen LogP contribution is 2.28. The highest BCUT2D eigenvalue weighted by atomic mass is 16.5. The van der Waals surface area contributed by atoms with Crippen LogP contribution >= 0.6 is 0 Å². The summed E-state index contributed by atoms with van der Waals surface area (Å²) in [4.78, 5) is 36.7. The topological polar surface area (TPSA) is 110 Å². The third kappa shape index (κ3) is 4.50. The summed E-state index contributed by atoms with van der Waals surface area (Å²) in [5.41, 5.74) is 2.07. The summed E-state index contributed by atoms with van der Waals surface area (Å²) < 4.78 is 6.83. The summed E-state index contributed by atoms with van der Waals surface area (Å²) in [5.74, 6) is -1.26. The van der Waals surface area contributed by atoms with Gasteiger partial charge in [0.2, 0.25) is 5.91 Å². The number of fused-ring (bicyclic) bond motifs is 1. The molecular weight excluding hydrogens is 410 g/mol. The van der Waals surface area contributed by atoms with Crippen LogP contribution in [-0.2, 0) is 4.74 Å². The van der Waals surface area contributed by atoms with Crippen molar-refractivity contribution in [3.63, 3.8) is 0 Å². The fourth-order valence-electron chi connectivity index (χ4n) is 3.95. The first kappa shape index (κ1) is 21.6. The largest absolute Gasteiger partial charge is 0.478 e. The zero-order valence-electron chi connectivity index (χ0n) is 17.8. The molecule has 0 spiro atoms. The number of hydrogen-bond donors (Lipinski definition) is 3. The monoisotopic (exact) mass is 435 g/mol. The molecule has 1 aliphatic heterocycles. The Balaban J connectivity index is 1.63. The molecule has 0 radical (unpaired) electrons. The van der Waals surface area contributed by atoms with Crippen LogP contribution in [0.15, 0.2) is 48.7 Å². The van der Waals surface area contributed by atoms with Gasteiger partial charge in [0, 0.05) is 38.3 Å². The highest BCUT2D eigenvalue weighted by Gasteiger charge is 2.19. The van der Waals surface area contributed by atoms with Crippen LogP contribution in [0.3, 0.4) is 0 Å². The van der Waals surface area contributed by atoms with Crippen molar-refractivity contribution in [3.8, 4) is 0 Å². The molecule has 8 heteroatoms. The highest BCUT2D eigenvalue weighted by molar-refractivity contribution is 6.15. The van der Waals surface area contributed by atoms with Crippen molar-refractivity contribution in [1.82, 2.24) is 4.57 Å². The lowest BCUT2D eigenvalue weighted by Gasteiger charge is -2.23. The van der Waals surface area contributed by atoms with E-state index in [-0.39, 0.29) is 11.5 Å². The van der Waals surface area contributed by atoms with Gasteiger partial charge in [-0.15, -0.1) is 0 Å². The molecule has 1 aromatic heterocycles. The van der Waals surface area contributed by atoms with Gasteiger partial charge in [-0.05, 0) is 43.0 Å². The van der Waals surface area contributed by atoms with E-state index in [9.17, 15) is 19.5 Å². The molecule has 1 aliphatic rings. The number of ether oxygens (including phenoxy) is 1. The Kier molecular flexibility index (Phi) is 6.23. The predicted molar refractivity (Wildman–Crippen MR) is 122 cm³/mol. The molecule has 0 unspecified atom stereocenters. The van der Waals surface area contributed by atoms with Gasteiger partial charge >= 0.3 is 5.97 Å². The fourth-order valence-corrected chi connectivity index (χ4v) is 3.95. The number of benzene rings is 2. The second kappa shape index (κ2) is 9.23. The molecule has 32 heavy (non-hydrogen) atoms. The van der Waals surface area contributed by atoms with E-state index >= 15 is 0 Å². The third-order valence-corrected chi connectivity index (χ3v) is 5.73. The van der Waals surface area contributed by atoms with Crippen LogP contribution in [0.25, 0.3) is 10.9 Å². The number of rotatable bonds is 6. The second-order valence-electron chi connectivity index (χ2n) is 7.91. The van der Waals surface area contributed by atoms with Crippen molar-refractivity contribution in [2.75, 3.05) is 30.4 Å². The van der Waals surface area contributed by atoms with E-state index in [0.717, 1.165) is 26.1 Å². The number of aromatic nitrogens is 1. The quantitative estimate of drug-likeness (QED) is 0.538. The first-order valence-electron chi connectivity index (χ1n) is 10.6. The Hall–Kier alpha value is -3.65. The summed E-state index contributed by atoms with van der Waals surface area (Å²) >= 11 is 0. The van der Waals surface area contributed by atoms with Crippen molar-refractivity contribution in [3.05, 3.63) is 59.8 Å². The number of amides is 1. The van der Waals surface area contributed by atoms with Gasteiger partial charge in [0.15, 0.2) is 0 Å². The minimum absolute atomic E-state index is 0.0723. The second-order valence-corrected chi connectivity index (χ2v) is 7.91. The van der Waals surface area contributed by atoms with E-state index in [4.69, 9.17) is 4.74 Å². The third-order valence-electron chi connectivity index (χ3n) is 5.73. The van der Waals surface area contributed by atoms with Crippen LogP contribution in [0.5, 0.6) is 0 Å². The molecule has 1 saturated heterocycles. The molecular formula is C24H25N3O5. The summed E-state index contributed by atoms with van der Waals surface area (Å²) in [6.45, 7) is 3.59. The van der Waals surface area contributed by atoms with Crippen molar-refractivity contribution in [2.45, 2.75) is 19.8 Å². The molecule has 0 atom stereocenters. The van der Waals surface area contributed by atoms with Gasteiger partial charge in [-0.3, -0.25) is 14.2 Å². The number of aromatic carboxylic acids is 1. The van der Waals surface area contributed by atoms with E-state index in [1.165, 1.54) is 29.8 Å². The SMILES string of the molecule is CC(=O)n1cc(C(=O)Nc2cc(C(=O)O)ccc2NCC2CCOCC2)c2ccccc21. The zero-order chi connectivity index (χ0) is 22.7. The first-order valence-corrected chi connectivity index (χ1v) is 10.6. The van der Waals surface area contributed by atoms with Gasteiger partial charge in [-0.1, -0.05) is 18.2 Å². The molecule has 3 N–H and O–H groups in total. The minimum Gasteiger partial charge on any atom is -0.478 e. The van der Waals surface area contributed by atoms with Gasteiger partial charge in [0.05, 0.1) is 28.0 Å². The maximum Gasteiger partial charge on any atom is 0.335 e. The average molecular weight is 435 g/mol. The van der Waals surface area contributed by atoms with Crippen LogP contribution in [0.1, 0.15) is 45.3 Å². The maximum atomic E-state index is 13.2. The molecule has 1 amide bonds. The predicted octanol–water partition coefficient (Wildman–Crippen LogP) is 4.09. The van der Waals surface area contributed by atoms with Crippen LogP contribution in [0.4, 0.5) is 11.4 Å². The molecule has 0 aliphatic carbocycles. The number of para-hydroxylation sites is 1. The van der Waals surface area contributed by atoms with Gasteiger partial charge in [-0.2, -0.15) is 0 Å². The van der Waals surface area contributed by atoms with Gasteiger partial charge < -0.3 is 20.5 Å². The fraction of sp³-hybridized carbons (Fsp3) is 0.292. The number of carbonyl (C=O) groups excluding carboxylic acids is 2. The summed E-state index contributed by atoms with van der Waals surface area (Å²) in [5, 5.41) is 16.2. The lowest BCUT2D eigenvalue weighted by molar-refractivity contribution is 0.0693. The number of carboxylic acid groups (broad SMARTS) is 1. The summed E-state index contributed by atoms with van der Waals surface area (Å²) in [7, 11) is 0. The molecule has 0 bridgehead atoms. The van der Waals surface area contributed by atoms with Crippen molar-refractivity contribution >= 4 is 40.1 Å². The molecule has 0 saturated carbocycles. The number of nitrogens with zero attached hydrogens (tertiary/aromatic N) is 1. The summed E-state index contributed by atoms with van der Waals surface area (Å²) in [6.07, 6.45) is 3.41. The normalized spacial score (nSPS) is 14.3. The Morgan fingerprint density at radius 1 is 1.09 bits per heavy atom. The van der Waals surface area contributed by atoms with Gasteiger partial charge in [0.1, 0.15) is 0 Å². The van der Waals surface area contributed by atoms with E-state index < -0.39 is 11.9 Å². The van der Waals surface area contributed by atoms with Gasteiger partial charge in [-0.25, -0.2) is 4.79 Å². The number of nitrogens with one attached hydrogen (secondary N) is 2. The lowest BCUT2D eigenvalue weighted by Crippen LogP contribution is -2.23. The van der Waals surface area contributed by atoms with Crippen LogP contribution < -0.4 is 10.6 Å². The zero-order valence-corrected chi connectivity index (χ0v) is 17.8. The number of anilines is 2. The van der Waals surface area contributed by atoms with Crippen molar-refractivity contribution < 1.29 is 24.2 Å². The van der Waals surface area contributed by atoms with Crippen LogP contribution in [0.2, 0.25) is 0 Å². The Labute approximate surface area is 185 Å². The van der Waals surface area contributed by atoms with E-state index in [1.807, 2.05) is 0 Å². The number of carboxylic acids is 1. The maximum absolute atomic E-state index is 13.2. The Bertz CT molecular complexity index is 1180. The molecule has 2 aromatic carbocycles. The van der Waals surface area contributed by atoms with E-state index in [2.05, 4.69) is 10.6 Å². The van der Waals surface area contributed by atoms with E-state index in [1.54, 1.807) is 30.3 Å². The van der Waals surface area contributed by atoms with E-state index in [0.29, 0.717) is 40.3 Å². The molecule has 4 rings (SSSR count). The minimum atomic E-state index is -1.08. The first-order chi connectivity index (χ1) is 15.4. The van der Waals surface area contributed by atoms with Crippen LogP contribution in [0, 0.1) is 5.92 Å². The smallest absolute Gasteiger partial charge is 0.335 e.